The quantitative estimate of drug-likeness (QED) is 0.414. The van der Waals surface area contributed by atoms with Crippen LogP contribution in [0.15, 0.2) is 24.3 Å². The summed E-state index contributed by atoms with van der Waals surface area (Å²) in [6.07, 6.45) is 4.83. The zero-order chi connectivity index (χ0) is 14.2. The molecule has 0 saturated heterocycles. The first-order chi connectivity index (χ1) is 9.86. The molecule has 0 heterocycles. The summed E-state index contributed by atoms with van der Waals surface area (Å²) < 4.78 is 10.5. The molecule has 3 N–H and O–H groups in total. The van der Waals surface area contributed by atoms with Crippen LogP contribution in [-0.4, -0.2) is 26.9 Å². The van der Waals surface area contributed by atoms with Gasteiger partial charge in [-0.15, -0.1) is 0 Å². The highest BCUT2D eigenvalue weighted by atomic mass is 16.5. The molecule has 1 saturated carbocycles. The maximum Gasteiger partial charge on any atom is 0.0700 e. The summed E-state index contributed by atoms with van der Waals surface area (Å²) in [4.78, 5) is 0. The number of methoxy groups -OCH3 is 1. The average Bonchev–Trinajstić information content (AvgIpc) is 2.42. The summed E-state index contributed by atoms with van der Waals surface area (Å²) in [5.41, 5.74) is 5.73. The Morgan fingerprint density at radius 1 is 1.25 bits per heavy atom. The topological polar surface area (TPSA) is 56.5 Å². The molecular weight excluding hydrogens is 252 g/mol. The van der Waals surface area contributed by atoms with Crippen molar-refractivity contribution in [3.05, 3.63) is 35.4 Å². The summed E-state index contributed by atoms with van der Waals surface area (Å²) in [5.74, 6) is 6.46. The lowest BCUT2D eigenvalue weighted by molar-refractivity contribution is 0.0657. The molecule has 112 valence electrons. The lowest BCUT2D eigenvalue weighted by Gasteiger charge is -2.30. The van der Waals surface area contributed by atoms with Crippen LogP contribution in [0.25, 0.3) is 0 Å². The van der Waals surface area contributed by atoms with E-state index in [9.17, 15) is 0 Å². The van der Waals surface area contributed by atoms with Crippen LogP contribution < -0.4 is 11.3 Å². The monoisotopic (exact) mass is 278 g/mol. The molecule has 4 nitrogen and oxygen atoms in total. The van der Waals surface area contributed by atoms with Crippen LogP contribution >= 0.6 is 0 Å². The van der Waals surface area contributed by atoms with E-state index in [4.69, 9.17) is 15.3 Å². The second kappa shape index (κ2) is 8.37. The fraction of sp³-hybridized carbons (Fsp3) is 0.625. The highest BCUT2D eigenvalue weighted by molar-refractivity contribution is 5.34. The van der Waals surface area contributed by atoms with Crippen LogP contribution in [0.3, 0.4) is 0 Å². The van der Waals surface area contributed by atoms with Crippen molar-refractivity contribution in [3.8, 4) is 0 Å². The Balaban J connectivity index is 1.92. The van der Waals surface area contributed by atoms with Gasteiger partial charge in [-0.3, -0.25) is 11.3 Å². The minimum Gasteiger partial charge on any atom is -0.382 e. The number of hydrazine groups is 1. The predicted octanol–water partition coefficient (Wildman–Crippen LogP) is 2.51. The van der Waals surface area contributed by atoms with Crippen LogP contribution in [0.1, 0.15) is 48.8 Å². The van der Waals surface area contributed by atoms with Crippen molar-refractivity contribution in [2.45, 2.75) is 37.6 Å². The molecule has 1 aromatic rings. The van der Waals surface area contributed by atoms with Crippen LogP contribution in [0.4, 0.5) is 0 Å². The molecule has 0 aromatic heterocycles. The molecule has 0 bridgehead atoms. The van der Waals surface area contributed by atoms with E-state index in [0.717, 1.165) is 12.3 Å². The number of nitrogens with one attached hydrogen (secondary N) is 1. The Labute approximate surface area is 121 Å². The number of hydrogen-bond acceptors (Lipinski definition) is 4. The third-order valence-electron chi connectivity index (χ3n) is 4.10. The Morgan fingerprint density at radius 2 is 2.05 bits per heavy atom. The number of nitrogens with two attached hydrogens (primary N) is 1. The maximum atomic E-state index is 5.74. The minimum atomic E-state index is 0.161. The van der Waals surface area contributed by atoms with Gasteiger partial charge in [0.05, 0.1) is 13.2 Å². The van der Waals surface area contributed by atoms with Gasteiger partial charge in [0.2, 0.25) is 0 Å². The average molecular weight is 278 g/mol. The highest BCUT2D eigenvalue weighted by Gasteiger charge is 2.24. The van der Waals surface area contributed by atoms with E-state index in [1.54, 1.807) is 7.11 Å². The first kappa shape index (κ1) is 15.4. The van der Waals surface area contributed by atoms with Gasteiger partial charge in [-0.1, -0.05) is 30.7 Å². The maximum absolute atomic E-state index is 5.74. The van der Waals surface area contributed by atoms with E-state index in [2.05, 4.69) is 29.7 Å². The molecule has 0 radical (unpaired) electrons. The first-order valence-electron chi connectivity index (χ1n) is 7.48. The normalized spacial score (nSPS) is 16.9. The van der Waals surface area contributed by atoms with Gasteiger partial charge in [-0.25, -0.2) is 0 Å². The fourth-order valence-corrected chi connectivity index (χ4v) is 2.69. The number of rotatable bonds is 9. The van der Waals surface area contributed by atoms with Gasteiger partial charge < -0.3 is 9.47 Å². The summed E-state index contributed by atoms with van der Waals surface area (Å²) in [7, 11) is 1.68. The van der Waals surface area contributed by atoms with Crippen LogP contribution in [0, 0.1) is 0 Å². The molecule has 0 spiro atoms. The summed E-state index contributed by atoms with van der Waals surface area (Å²) in [6, 6.07) is 8.81. The van der Waals surface area contributed by atoms with Crippen molar-refractivity contribution in [2.24, 2.45) is 5.84 Å². The summed E-state index contributed by atoms with van der Waals surface area (Å²) in [6.45, 7) is 1.97. The predicted molar refractivity (Wildman–Crippen MR) is 80.4 cm³/mol. The van der Waals surface area contributed by atoms with Gasteiger partial charge in [-0.2, -0.15) is 0 Å². The van der Waals surface area contributed by atoms with Gasteiger partial charge >= 0.3 is 0 Å². The molecule has 4 heteroatoms. The first-order valence-corrected chi connectivity index (χ1v) is 7.48. The van der Waals surface area contributed by atoms with Crippen LogP contribution in [0.2, 0.25) is 0 Å². The number of benzene rings is 1. The van der Waals surface area contributed by atoms with Gasteiger partial charge in [0, 0.05) is 19.8 Å². The van der Waals surface area contributed by atoms with E-state index in [1.807, 2.05) is 0 Å². The van der Waals surface area contributed by atoms with Crippen molar-refractivity contribution in [1.29, 1.82) is 0 Å². The molecule has 0 amide bonds. The largest absolute Gasteiger partial charge is 0.382 e. The molecule has 1 unspecified atom stereocenters. The lowest BCUT2D eigenvalue weighted by atomic mass is 9.77. The number of ether oxygens (including phenoxy) is 2. The van der Waals surface area contributed by atoms with Crippen molar-refractivity contribution in [3.63, 3.8) is 0 Å². The molecular formula is C16H26N2O2. The smallest absolute Gasteiger partial charge is 0.0700 e. The van der Waals surface area contributed by atoms with Gasteiger partial charge in [-0.05, 0) is 36.3 Å². The minimum absolute atomic E-state index is 0.161. The van der Waals surface area contributed by atoms with E-state index in [1.165, 1.54) is 30.4 Å². The van der Waals surface area contributed by atoms with E-state index in [-0.39, 0.29) is 6.04 Å². The van der Waals surface area contributed by atoms with Crippen LogP contribution in [-0.2, 0) is 9.47 Å². The second-order valence-electron chi connectivity index (χ2n) is 5.37. The van der Waals surface area contributed by atoms with Crippen molar-refractivity contribution in [2.75, 3.05) is 26.9 Å². The molecule has 1 aliphatic rings. The Hall–Kier alpha value is -0.940. The van der Waals surface area contributed by atoms with Crippen molar-refractivity contribution >= 4 is 0 Å². The Bertz CT molecular complexity index is 394. The summed E-state index contributed by atoms with van der Waals surface area (Å²) in [5, 5.41) is 0. The Morgan fingerprint density at radius 3 is 2.70 bits per heavy atom. The van der Waals surface area contributed by atoms with Crippen LogP contribution in [0.5, 0.6) is 0 Å². The van der Waals surface area contributed by atoms with Gasteiger partial charge in [0.1, 0.15) is 0 Å². The fourth-order valence-electron chi connectivity index (χ4n) is 2.69. The molecule has 1 aromatic carbocycles. The van der Waals surface area contributed by atoms with Crippen molar-refractivity contribution in [1.82, 2.24) is 5.43 Å². The molecule has 1 aliphatic carbocycles. The van der Waals surface area contributed by atoms with Crippen molar-refractivity contribution < 1.29 is 9.47 Å². The lowest BCUT2D eigenvalue weighted by Crippen LogP contribution is -2.30. The molecule has 1 atom stereocenters. The second-order valence-corrected chi connectivity index (χ2v) is 5.37. The molecule has 2 rings (SSSR count). The zero-order valence-corrected chi connectivity index (χ0v) is 12.3. The Kier molecular flexibility index (Phi) is 6.47. The standard InChI is InChI=1S/C16H26N2O2/c1-19-11-12-20-10-9-16(18-17)15-8-3-2-7-14(15)13-5-4-6-13/h2-3,7-8,13,16,18H,4-6,9-12,17H2,1H3. The van der Waals surface area contributed by atoms with Gasteiger partial charge in [0.15, 0.2) is 0 Å². The zero-order valence-electron chi connectivity index (χ0n) is 12.3. The van der Waals surface area contributed by atoms with Gasteiger partial charge in [0.25, 0.3) is 0 Å². The highest BCUT2D eigenvalue weighted by Crippen LogP contribution is 2.39. The number of hydrogen-bond donors (Lipinski definition) is 2. The van der Waals surface area contributed by atoms with E-state index in [0.29, 0.717) is 19.8 Å². The molecule has 1 fully saturated rings. The molecule has 20 heavy (non-hydrogen) atoms. The molecule has 0 aliphatic heterocycles. The van der Waals surface area contributed by atoms with E-state index >= 15 is 0 Å². The van der Waals surface area contributed by atoms with E-state index < -0.39 is 0 Å². The third kappa shape index (κ3) is 4.03. The third-order valence-corrected chi connectivity index (χ3v) is 4.10. The summed E-state index contributed by atoms with van der Waals surface area (Å²) >= 11 is 0. The SMILES string of the molecule is COCCOCCC(NN)c1ccccc1C1CCC1.